The monoisotopic (exact) mass is 380 g/mol. The minimum Gasteiger partial charge on any atom is -0.348 e. The fraction of sp³-hybridized carbons (Fsp3) is 0.0909. The lowest BCUT2D eigenvalue weighted by Gasteiger charge is -2.09. The molecule has 0 aromatic heterocycles. The van der Waals surface area contributed by atoms with Gasteiger partial charge in [0.1, 0.15) is 11.6 Å². The van der Waals surface area contributed by atoms with Crippen molar-refractivity contribution in [2.75, 3.05) is 0 Å². The Hall–Kier alpha value is -3.54. The van der Waals surface area contributed by atoms with E-state index in [4.69, 9.17) is 0 Å². The lowest BCUT2D eigenvalue weighted by atomic mass is 10.1. The van der Waals surface area contributed by atoms with Crippen molar-refractivity contribution in [1.29, 1.82) is 0 Å². The van der Waals surface area contributed by atoms with Crippen molar-refractivity contribution in [2.45, 2.75) is 13.1 Å². The van der Waals surface area contributed by atoms with Gasteiger partial charge in [-0.15, -0.1) is 0 Å². The molecule has 0 radical (unpaired) electrons. The third-order valence-electron chi connectivity index (χ3n) is 4.13. The molecule has 4 nitrogen and oxygen atoms in total. The molecule has 142 valence electrons. The summed E-state index contributed by atoms with van der Waals surface area (Å²) < 4.78 is 27.3. The molecule has 0 bridgehead atoms. The summed E-state index contributed by atoms with van der Waals surface area (Å²) in [6.45, 7) is 0.421. The van der Waals surface area contributed by atoms with E-state index in [0.29, 0.717) is 0 Å². The zero-order valence-electron chi connectivity index (χ0n) is 14.9. The predicted molar refractivity (Wildman–Crippen MR) is 102 cm³/mol. The number of hydrogen-bond donors (Lipinski definition) is 2. The Balaban J connectivity index is 1.58. The van der Waals surface area contributed by atoms with Crippen LogP contribution in [0.1, 0.15) is 31.8 Å². The maximum absolute atomic E-state index is 13.6. The first-order valence-corrected chi connectivity index (χ1v) is 8.68. The topological polar surface area (TPSA) is 58.2 Å². The number of nitrogens with one attached hydrogen (secondary N) is 2. The fourth-order valence-electron chi connectivity index (χ4n) is 2.70. The molecule has 6 heteroatoms. The molecule has 0 unspecified atom stereocenters. The largest absolute Gasteiger partial charge is 0.348 e. The molecule has 0 aliphatic heterocycles. The molecule has 3 aromatic carbocycles. The second-order valence-electron chi connectivity index (χ2n) is 6.14. The van der Waals surface area contributed by atoms with Crippen LogP contribution in [-0.4, -0.2) is 11.8 Å². The second-order valence-corrected chi connectivity index (χ2v) is 6.14. The maximum atomic E-state index is 13.6. The van der Waals surface area contributed by atoms with Gasteiger partial charge >= 0.3 is 0 Å². The van der Waals surface area contributed by atoms with Gasteiger partial charge in [0.2, 0.25) is 0 Å². The summed E-state index contributed by atoms with van der Waals surface area (Å²) in [6, 6.07) is 18.7. The van der Waals surface area contributed by atoms with Crippen molar-refractivity contribution in [2.24, 2.45) is 0 Å². The molecule has 0 heterocycles. The molecule has 0 aliphatic rings. The molecule has 0 saturated carbocycles. The number of hydrogen-bond acceptors (Lipinski definition) is 2. The van der Waals surface area contributed by atoms with Crippen molar-refractivity contribution >= 4 is 11.8 Å². The number of halogens is 2. The second kappa shape index (κ2) is 8.90. The Morgan fingerprint density at radius 1 is 0.643 bits per heavy atom. The van der Waals surface area contributed by atoms with E-state index >= 15 is 0 Å². The Morgan fingerprint density at radius 3 is 1.50 bits per heavy atom. The van der Waals surface area contributed by atoms with E-state index in [-0.39, 0.29) is 24.2 Å². The summed E-state index contributed by atoms with van der Waals surface area (Å²) in [7, 11) is 0. The van der Waals surface area contributed by atoms with Gasteiger partial charge in [-0.2, -0.15) is 0 Å². The van der Waals surface area contributed by atoms with Crippen LogP contribution in [0.5, 0.6) is 0 Å². The van der Waals surface area contributed by atoms with Gasteiger partial charge in [0.15, 0.2) is 0 Å². The van der Waals surface area contributed by atoms with Gasteiger partial charge in [-0.1, -0.05) is 48.5 Å². The van der Waals surface area contributed by atoms with E-state index in [9.17, 15) is 18.4 Å². The van der Waals surface area contributed by atoms with Gasteiger partial charge in [-0.3, -0.25) is 9.59 Å². The average molecular weight is 380 g/mol. The van der Waals surface area contributed by atoms with Crippen LogP contribution in [0.15, 0.2) is 72.8 Å². The highest BCUT2D eigenvalue weighted by atomic mass is 19.1. The van der Waals surface area contributed by atoms with E-state index in [0.717, 1.165) is 11.1 Å². The number of carbonyl (C=O) groups excluding carboxylic acids is 2. The van der Waals surface area contributed by atoms with Crippen LogP contribution in [-0.2, 0) is 13.1 Å². The van der Waals surface area contributed by atoms with Crippen LogP contribution in [0, 0.1) is 11.6 Å². The molecular weight excluding hydrogens is 362 g/mol. The molecule has 0 aliphatic carbocycles. The molecule has 0 saturated heterocycles. The quantitative estimate of drug-likeness (QED) is 0.683. The standard InChI is InChI=1S/C22H18F2N2O2/c23-19-10-3-1-8-17(19)21(27)25-13-15-6-5-7-16(12-15)14-26-22(28)18-9-2-4-11-20(18)24/h1-12H,13-14H2,(H,25,27)(H,26,28). The third-order valence-corrected chi connectivity index (χ3v) is 4.13. The molecule has 3 rings (SSSR count). The lowest BCUT2D eigenvalue weighted by molar-refractivity contribution is 0.0939. The maximum Gasteiger partial charge on any atom is 0.254 e. The van der Waals surface area contributed by atoms with E-state index in [1.807, 2.05) is 18.2 Å². The van der Waals surface area contributed by atoms with Gasteiger partial charge in [0.25, 0.3) is 11.8 Å². The van der Waals surface area contributed by atoms with Crippen molar-refractivity contribution in [3.63, 3.8) is 0 Å². The van der Waals surface area contributed by atoms with Crippen molar-refractivity contribution in [3.05, 3.63) is 107 Å². The predicted octanol–water partition coefficient (Wildman–Crippen LogP) is 3.82. The number of carbonyl (C=O) groups is 2. The summed E-state index contributed by atoms with van der Waals surface area (Å²) in [5.41, 5.74) is 1.55. The van der Waals surface area contributed by atoms with Gasteiger partial charge in [-0.05, 0) is 35.4 Å². The zero-order valence-corrected chi connectivity index (χ0v) is 14.9. The minimum atomic E-state index is -0.579. The van der Waals surface area contributed by atoms with Crippen molar-refractivity contribution in [1.82, 2.24) is 10.6 Å². The molecule has 2 N–H and O–H groups in total. The fourth-order valence-corrected chi connectivity index (χ4v) is 2.70. The van der Waals surface area contributed by atoms with E-state index < -0.39 is 23.4 Å². The van der Waals surface area contributed by atoms with Crippen molar-refractivity contribution < 1.29 is 18.4 Å². The first-order valence-electron chi connectivity index (χ1n) is 8.68. The Labute approximate surface area is 161 Å². The normalized spacial score (nSPS) is 10.4. The zero-order chi connectivity index (χ0) is 19.9. The van der Waals surface area contributed by atoms with Gasteiger partial charge in [0.05, 0.1) is 11.1 Å². The highest BCUT2D eigenvalue weighted by Crippen LogP contribution is 2.10. The molecule has 3 aromatic rings. The van der Waals surface area contributed by atoms with E-state index in [2.05, 4.69) is 10.6 Å². The minimum absolute atomic E-state index is 0.0178. The molecule has 28 heavy (non-hydrogen) atoms. The number of amides is 2. The van der Waals surface area contributed by atoms with E-state index in [1.54, 1.807) is 18.2 Å². The van der Waals surface area contributed by atoms with Crippen LogP contribution in [0.25, 0.3) is 0 Å². The molecular formula is C22H18F2N2O2. The third kappa shape index (κ3) is 4.79. The smallest absolute Gasteiger partial charge is 0.254 e. The van der Waals surface area contributed by atoms with Gasteiger partial charge < -0.3 is 10.6 Å². The number of benzene rings is 3. The summed E-state index contributed by atoms with van der Waals surface area (Å²) in [6.07, 6.45) is 0. The Bertz CT molecular complexity index is 928. The van der Waals surface area contributed by atoms with Crippen LogP contribution in [0.3, 0.4) is 0 Å². The first-order chi connectivity index (χ1) is 13.5. The van der Waals surface area contributed by atoms with Crippen LogP contribution < -0.4 is 10.6 Å². The molecule has 0 atom stereocenters. The highest BCUT2D eigenvalue weighted by molar-refractivity contribution is 5.94. The summed E-state index contributed by atoms with van der Waals surface area (Å²) in [5.74, 6) is -2.16. The molecule has 0 spiro atoms. The summed E-state index contributed by atoms with van der Waals surface area (Å²) in [4.78, 5) is 24.2. The average Bonchev–Trinajstić information content (AvgIpc) is 2.71. The Kier molecular flexibility index (Phi) is 6.11. The SMILES string of the molecule is O=C(NCc1cccc(CNC(=O)c2ccccc2F)c1)c1ccccc1F. The van der Waals surface area contributed by atoms with Gasteiger partial charge in [0, 0.05) is 13.1 Å². The van der Waals surface area contributed by atoms with Crippen LogP contribution in [0.4, 0.5) is 8.78 Å². The van der Waals surface area contributed by atoms with Gasteiger partial charge in [-0.25, -0.2) is 8.78 Å². The van der Waals surface area contributed by atoms with Crippen molar-refractivity contribution in [3.8, 4) is 0 Å². The molecule has 0 fully saturated rings. The first kappa shape index (κ1) is 19.2. The number of rotatable bonds is 6. The lowest BCUT2D eigenvalue weighted by Crippen LogP contribution is -2.25. The van der Waals surface area contributed by atoms with E-state index in [1.165, 1.54) is 36.4 Å². The van der Waals surface area contributed by atoms with Crippen LogP contribution in [0.2, 0.25) is 0 Å². The molecule has 2 amide bonds. The van der Waals surface area contributed by atoms with Crippen LogP contribution >= 0.6 is 0 Å². The Morgan fingerprint density at radius 2 is 1.07 bits per heavy atom. The summed E-state index contributed by atoms with van der Waals surface area (Å²) in [5, 5.41) is 5.33. The highest BCUT2D eigenvalue weighted by Gasteiger charge is 2.11. The summed E-state index contributed by atoms with van der Waals surface area (Å²) >= 11 is 0.